The Hall–Kier alpha value is -1.88. The lowest BCUT2D eigenvalue weighted by Gasteiger charge is -2.26. The molecule has 2 unspecified atom stereocenters. The van der Waals surface area contributed by atoms with Crippen molar-refractivity contribution < 1.29 is 14.3 Å². The molecule has 0 bridgehead atoms. The van der Waals surface area contributed by atoms with Crippen molar-refractivity contribution in [2.45, 2.75) is 31.3 Å². The van der Waals surface area contributed by atoms with Gasteiger partial charge in [-0.1, -0.05) is 30.3 Å². The van der Waals surface area contributed by atoms with Crippen molar-refractivity contribution in [1.82, 2.24) is 5.32 Å². The summed E-state index contributed by atoms with van der Waals surface area (Å²) in [6.45, 7) is 1.71. The van der Waals surface area contributed by atoms with E-state index in [4.69, 9.17) is 10.5 Å². The highest BCUT2D eigenvalue weighted by atomic mass is 16.5. The number of ether oxygens (including phenoxy) is 1. The Bertz CT molecular complexity index is 495. The number of hydrogen-bond donors (Lipinski definition) is 2. The molecule has 1 fully saturated rings. The molecule has 1 aliphatic rings. The summed E-state index contributed by atoms with van der Waals surface area (Å²) in [5.74, 6) is -0.632. The first-order valence-corrected chi connectivity index (χ1v) is 6.69. The van der Waals surface area contributed by atoms with Crippen LogP contribution in [-0.4, -0.2) is 24.5 Å². The maximum absolute atomic E-state index is 12.3. The number of esters is 1. The number of carbonyl (C=O) groups is 2. The Labute approximate surface area is 118 Å². The minimum atomic E-state index is -0.943. The summed E-state index contributed by atoms with van der Waals surface area (Å²) in [5.41, 5.74) is 5.81. The van der Waals surface area contributed by atoms with Crippen LogP contribution in [0, 0.1) is 5.92 Å². The largest absolute Gasteiger partial charge is 0.467 e. The average molecular weight is 276 g/mol. The van der Waals surface area contributed by atoms with Gasteiger partial charge in [-0.05, 0) is 31.2 Å². The molecule has 3 N–H and O–H groups in total. The minimum absolute atomic E-state index is 0.191. The second-order valence-corrected chi connectivity index (χ2v) is 5.40. The third kappa shape index (κ3) is 2.99. The van der Waals surface area contributed by atoms with E-state index in [0.29, 0.717) is 5.56 Å². The van der Waals surface area contributed by atoms with Crippen molar-refractivity contribution >= 4 is 11.9 Å². The van der Waals surface area contributed by atoms with Crippen molar-refractivity contribution in [3.8, 4) is 0 Å². The molecule has 0 spiro atoms. The highest BCUT2D eigenvalue weighted by Gasteiger charge is 2.45. The summed E-state index contributed by atoms with van der Waals surface area (Å²) in [4.78, 5) is 24.2. The first-order valence-electron chi connectivity index (χ1n) is 6.69. The smallest absolute Gasteiger partial charge is 0.333 e. The molecular weight excluding hydrogens is 256 g/mol. The van der Waals surface area contributed by atoms with Crippen LogP contribution in [0.25, 0.3) is 0 Å². The van der Waals surface area contributed by atoms with E-state index >= 15 is 0 Å². The van der Waals surface area contributed by atoms with Crippen molar-refractivity contribution in [1.29, 1.82) is 0 Å². The quantitative estimate of drug-likeness (QED) is 0.790. The number of nitrogens with two attached hydrogens (primary N) is 1. The zero-order valence-electron chi connectivity index (χ0n) is 11.8. The number of nitrogens with one attached hydrogen (secondary N) is 1. The normalized spacial score (nSPS) is 18.8. The molecule has 1 aliphatic carbocycles. The van der Waals surface area contributed by atoms with Crippen LogP contribution < -0.4 is 11.1 Å². The fraction of sp³-hybridized carbons (Fsp3) is 0.467. The Kier molecular flexibility index (Phi) is 4.09. The summed E-state index contributed by atoms with van der Waals surface area (Å²) in [6, 6.07) is 8.17. The molecule has 0 aliphatic heterocycles. The van der Waals surface area contributed by atoms with Gasteiger partial charge in [0.05, 0.1) is 12.6 Å². The molecule has 108 valence electrons. The SMILES string of the molecule is COC(=O)C(NC(=O)C(C)(N)C1CC1)c1ccccc1. The van der Waals surface area contributed by atoms with Crippen molar-refractivity contribution in [3.05, 3.63) is 35.9 Å². The Morgan fingerprint density at radius 3 is 2.45 bits per heavy atom. The molecule has 2 rings (SSSR count). The standard InChI is InChI=1S/C15H20N2O3/c1-15(16,11-8-9-11)14(19)17-12(13(18)20-2)10-6-4-3-5-7-10/h3-7,11-12H,8-9,16H2,1-2H3,(H,17,19). The van der Waals surface area contributed by atoms with Crippen LogP contribution >= 0.6 is 0 Å². The summed E-state index contributed by atoms with van der Waals surface area (Å²) in [6.07, 6.45) is 1.91. The molecule has 5 heteroatoms. The molecule has 0 radical (unpaired) electrons. The average Bonchev–Trinajstić information content (AvgIpc) is 3.29. The fourth-order valence-corrected chi connectivity index (χ4v) is 2.20. The maximum atomic E-state index is 12.3. The molecule has 5 nitrogen and oxygen atoms in total. The molecule has 0 aromatic heterocycles. The van der Waals surface area contributed by atoms with Gasteiger partial charge in [-0.15, -0.1) is 0 Å². The van der Waals surface area contributed by atoms with Crippen LogP contribution in [-0.2, 0) is 14.3 Å². The molecule has 0 saturated heterocycles. The number of rotatable bonds is 5. The van der Waals surface area contributed by atoms with E-state index in [1.807, 2.05) is 6.07 Å². The summed E-state index contributed by atoms with van der Waals surface area (Å²) in [7, 11) is 1.30. The fourth-order valence-electron chi connectivity index (χ4n) is 2.20. The van der Waals surface area contributed by atoms with Gasteiger partial charge < -0.3 is 15.8 Å². The van der Waals surface area contributed by atoms with Gasteiger partial charge in [-0.25, -0.2) is 4.79 Å². The van der Waals surface area contributed by atoms with Gasteiger partial charge in [0.1, 0.15) is 0 Å². The Morgan fingerprint density at radius 2 is 1.95 bits per heavy atom. The zero-order valence-corrected chi connectivity index (χ0v) is 11.8. The number of amides is 1. The van der Waals surface area contributed by atoms with E-state index in [1.165, 1.54) is 7.11 Å². The molecule has 20 heavy (non-hydrogen) atoms. The molecular formula is C15H20N2O3. The molecule has 1 amide bonds. The van der Waals surface area contributed by atoms with Crippen molar-refractivity contribution in [2.24, 2.45) is 11.7 Å². The Morgan fingerprint density at radius 1 is 1.35 bits per heavy atom. The first kappa shape index (κ1) is 14.5. The van der Waals surface area contributed by atoms with Crippen LogP contribution in [0.15, 0.2) is 30.3 Å². The van der Waals surface area contributed by atoms with Gasteiger partial charge in [0, 0.05) is 0 Å². The van der Waals surface area contributed by atoms with Gasteiger partial charge in [0.15, 0.2) is 6.04 Å². The topological polar surface area (TPSA) is 81.4 Å². The third-order valence-corrected chi connectivity index (χ3v) is 3.76. The lowest BCUT2D eigenvalue weighted by atomic mass is 9.95. The molecule has 1 aromatic rings. The second-order valence-electron chi connectivity index (χ2n) is 5.40. The van der Waals surface area contributed by atoms with E-state index in [0.717, 1.165) is 12.8 Å². The summed E-state index contributed by atoms with van der Waals surface area (Å²) < 4.78 is 4.76. The summed E-state index contributed by atoms with van der Waals surface area (Å²) >= 11 is 0. The van der Waals surface area contributed by atoms with Gasteiger partial charge >= 0.3 is 5.97 Å². The lowest BCUT2D eigenvalue weighted by Crippen LogP contribution is -2.55. The molecule has 1 aromatic carbocycles. The van der Waals surface area contributed by atoms with Crippen LogP contribution in [0.5, 0.6) is 0 Å². The van der Waals surface area contributed by atoms with Crippen LogP contribution in [0.2, 0.25) is 0 Å². The monoisotopic (exact) mass is 276 g/mol. The Balaban J connectivity index is 2.16. The maximum Gasteiger partial charge on any atom is 0.333 e. The van der Waals surface area contributed by atoms with E-state index in [2.05, 4.69) is 5.32 Å². The first-order chi connectivity index (χ1) is 9.46. The number of carbonyl (C=O) groups excluding carboxylic acids is 2. The number of hydrogen-bond acceptors (Lipinski definition) is 4. The van der Waals surface area contributed by atoms with E-state index in [-0.39, 0.29) is 11.8 Å². The van der Waals surface area contributed by atoms with E-state index in [1.54, 1.807) is 31.2 Å². The predicted molar refractivity (Wildman–Crippen MR) is 74.7 cm³/mol. The molecule has 2 atom stereocenters. The second kappa shape index (κ2) is 5.63. The van der Waals surface area contributed by atoms with Gasteiger partial charge in [-0.2, -0.15) is 0 Å². The van der Waals surface area contributed by atoms with Crippen LogP contribution in [0.4, 0.5) is 0 Å². The number of methoxy groups -OCH3 is 1. The third-order valence-electron chi connectivity index (χ3n) is 3.76. The minimum Gasteiger partial charge on any atom is -0.467 e. The zero-order chi connectivity index (χ0) is 14.8. The lowest BCUT2D eigenvalue weighted by molar-refractivity contribution is -0.146. The summed E-state index contributed by atoms with van der Waals surface area (Å²) in [5, 5.41) is 2.71. The van der Waals surface area contributed by atoms with Crippen LogP contribution in [0.3, 0.4) is 0 Å². The molecule has 1 saturated carbocycles. The highest BCUT2D eigenvalue weighted by molar-refractivity contribution is 5.91. The highest BCUT2D eigenvalue weighted by Crippen LogP contribution is 2.38. The predicted octanol–water partition coefficient (Wildman–Crippen LogP) is 1.14. The molecule has 0 heterocycles. The van der Waals surface area contributed by atoms with Gasteiger partial charge in [-0.3, -0.25) is 4.79 Å². The van der Waals surface area contributed by atoms with Crippen molar-refractivity contribution in [3.63, 3.8) is 0 Å². The van der Waals surface area contributed by atoms with Gasteiger partial charge in [0.25, 0.3) is 0 Å². The number of benzene rings is 1. The van der Waals surface area contributed by atoms with E-state index < -0.39 is 17.6 Å². The van der Waals surface area contributed by atoms with Crippen molar-refractivity contribution in [2.75, 3.05) is 7.11 Å². The van der Waals surface area contributed by atoms with E-state index in [9.17, 15) is 9.59 Å². The van der Waals surface area contributed by atoms with Crippen LogP contribution in [0.1, 0.15) is 31.4 Å². The van der Waals surface area contributed by atoms with Gasteiger partial charge in [0.2, 0.25) is 5.91 Å².